The summed E-state index contributed by atoms with van der Waals surface area (Å²) in [6.45, 7) is 6.56. The maximum absolute atomic E-state index is 5.33. The van der Waals surface area contributed by atoms with E-state index >= 15 is 0 Å². The van der Waals surface area contributed by atoms with Gasteiger partial charge in [-0.15, -0.1) is 0 Å². The predicted molar refractivity (Wildman–Crippen MR) is 90.1 cm³/mol. The number of nitrogens with two attached hydrogens (primary N) is 1. The molecule has 0 saturated carbocycles. The number of thiocarbonyl (C=S) groups is 1. The minimum absolute atomic E-state index is 0.0278. The molecule has 1 heterocycles. The average molecular weight is 288 g/mol. The molecule has 0 bridgehead atoms. The van der Waals surface area contributed by atoms with Crippen molar-refractivity contribution in [1.29, 1.82) is 0 Å². The van der Waals surface area contributed by atoms with Crippen LogP contribution in [-0.4, -0.2) is 23.9 Å². The Balaban J connectivity index is 2.35. The molecule has 3 N–H and O–H groups in total. The van der Waals surface area contributed by atoms with Gasteiger partial charge in [0, 0.05) is 18.3 Å². The fourth-order valence-corrected chi connectivity index (χ4v) is 2.48. The quantitative estimate of drug-likeness (QED) is 0.499. The highest BCUT2D eigenvalue weighted by atomic mass is 32.1. The minimum atomic E-state index is 0.0278. The van der Waals surface area contributed by atoms with Gasteiger partial charge in [-0.3, -0.25) is 5.43 Å². The van der Waals surface area contributed by atoms with Gasteiger partial charge in [-0.05, 0) is 56.3 Å². The van der Waals surface area contributed by atoms with Crippen molar-refractivity contribution >= 4 is 34.8 Å². The van der Waals surface area contributed by atoms with Gasteiger partial charge in [0.15, 0.2) is 5.11 Å². The Morgan fingerprint density at radius 3 is 2.80 bits per heavy atom. The fraction of sp³-hybridized carbons (Fsp3) is 0.333. The van der Waals surface area contributed by atoms with Crippen LogP contribution in [-0.2, 0) is 0 Å². The number of fused-ring (bicyclic) bond motifs is 1. The zero-order chi connectivity index (χ0) is 14.9. The van der Waals surface area contributed by atoms with Gasteiger partial charge in [0.2, 0.25) is 0 Å². The topological polar surface area (TPSA) is 53.6 Å². The van der Waals surface area contributed by atoms with Gasteiger partial charge in [-0.25, -0.2) is 0 Å². The SMILES string of the molecule is CC1=CC(C)(C)N(C)c2ccc(/C=N\NC(N)=S)cc21. The molecule has 1 aromatic rings. The summed E-state index contributed by atoms with van der Waals surface area (Å²) in [5.74, 6) is 0. The summed E-state index contributed by atoms with van der Waals surface area (Å²) in [6, 6.07) is 6.28. The maximum atomic E-state index is 5.33. The molecular weight excluding hydrogens is 268 g/mol. The number of rotatable bonds is 2. The number of nitrogens with zero attached hydrogens (tertiary/aromatic N) is 2. The first kappa shape index (κ1) is 14.5. The van der Waals surface area contributed by atoms with Crippen LogP contribution < -0.4 is 16.1 Å². The summed E-state index contributed by atoms with van der Waals surface area (Å²) >= 11 is 4.70. The van der Waals surface area contributed by atoms with Crippen LogP contribution in [0.5, 0.6) is 0 Å². The lowest BCUT2D eigenvalue weighted by Crippen LogP contribution is -2.42. The molecule has 2 rings (SSSR count). The van der Waals surface area contributed by atoms with E-state index in [1.54, 1.807) is 6.21 Å². The van der Waals surface area contributed by atoms with Gasteiger partial charge in [0.1, 0.15) is 0 Å². The van der Waals surface area contributed by atoms with Crippen LogP contribution in [0.15, 0.2) is 29.4 Å². The smallest absolute Gasteiger partial charge is 0.184 e. The van der Waals surface area contributed by atoms with Crippen LogP contribution in [0, 0.1) is 0 Å². The zero-order valence-electron chi connectivity index (χ0n) is 12.3. The Kier molecular flexibility index (Phi) is 3.81. The van der Waals surface area contributed by atoms with Gasteiger partial charge < -0.3 is 10.6 Å². The van der Waals surface area contributed by atoms with Crippen molar-refractivity contribution in [3.05, 3.63) is 35.4 Å². The summed E-state index contributed by atoms with van der Waals surface area (Å²) in [4.78, 5) is 2.28. The Bertz CT molecular complexity index is 602. The number of likely N-dealkylation sites (N-methyl/N-ethyl adjacent to an activating group) is 1. The molecule has 0 fully saturated rings. The molecule has 0 spiro atoms. The van der Waals surface area contributed by atoms with Crippen LogP contribution in [0.2, 0.25) is 0 Å². The Hall–Kier alpha value is -1.88. The van der Waals surface area contributed by atoms with Crippen LogP contribution in [0.4, 0.5) is 5.69 Å². The van der Waals surface area contributed by atoms with Crippen molar-refractivity contribution in [2.75, 3.05) is 11.9 Å². The minimum Gasteiger partial charge on any atom is -0.375 e. The second-order valence-corrected chi connectivity index (χ2v) is 5.99. The summed E-state index contributed by atoms with van der Waals surface area (Å²) in [5.41, 5.74) is 12.7. The van der Waals surface area contributed by atoms with E-state index in [2.05, 4.69) is 61.5 Å². The van der Waals surface area contributed by atoms with Crippen molar-refractivity contribution in [2.24, 2.45) is 10.8 Å². The van der Waals surface area contributed by atoms with E-state index in [0.717, 1.165) is 5.56 Å². The number of benzene rings is 1. The number of hydrogen-bond donors (Lipinski definition) is 2. The normalized spacial score (nSPS) is 16.8. The highest BCUT2D eigenvalue weighted by molar-refractivity contribution is 7.80. The van der Waals surface area contributed by atoms with E-state index in [9.17, 15) is 0 Å². The molecule has 106 valence electrons. The lowest BCUT2D eigenvalue weighted by atomic mass is 9.89. The largest absolute Gasteiger partial charge is 0.375 e. The van der Waals surface area contributed by atoms with Crippen molar-refractivity contribution in [3.8, 4) is 0 Å². The Labute approximate surface area is 125 Å². The number of allylic oxidation sites excluding steroid dienone is 1. The lowest BCUT2D eigenvalue weighted by Gasteiger charge is -2.40. The van der Waals surface area contributed by atoms with Crippen molar-refractivity contribution in [1.82, 2.24) is 5.43 Å². The second-order valence-electron chi connectivity index (χ2n) is 5.55. The zero-order valence-corrected chi connectivity index (χ0v) is 13.1. The predicted octanol–water partition coefficient (Wildman–Crippen LogP) is 2.49. The molecule has 1 aliphatic rings. The first-order chi connectivity index (χ1) is 9.31. The highest BCUT2D eigenvalue weighted by Crippen LogP contribution is 2.37. The number of hydrazone groups is 1. The molecule has 4 nitrogen and oxygen atoms in total. The maximum Gasteiger partial charge on any atom is 0.184 e. The number of nitrogens with one attached hydrogen (secondary N) is 1. The molecule has 1 aromatic carbocycles. The van der Waals surface area contributed by atoms with Gasteiger partial charge in [-0.1, -0.05) is 12.1 Å². The van der Waals surface area contributed by atoms with Gasteiger partial charge in [0.05, 0.1) is 11.8 Å². The van der Waals surface area contributed by atoms with Crippen LogP contribution in [0.3, 0.4) is 0 Å². The van der Waals surface area contributed by atoms with E-state index in [1.165, 1.54) is 16.8 Å². The highest BCUT2D eigenvalue weighted by Gasteiger charge is 2.28. The number of anilines is 1. The van der Waals surface area contributed by atoms with Crippen LogP contribution in [0.25, 0.3) is 5.57 Å². The van der Waals surface area contributed by atoms with Crippen LogP contribution in [0.1, 0.15) is 31.9 Å². The third-order valence-corrected chi connectivity index (χ3v) is 3.72. The van der Waals surface area contributed by atoms with E-state index < -0.39 is 0 Å². The van der Waals surface area contributed by atoms with Crippen molar-refractivity contribution in [3.63, 3.8) is 0 Å². The van der Waals surface area contributed by atoms with Crippen LogP contribution >= 0.6 is 12.2 Å². The molecule has 0 unspecified atom stereocenters. The van der Waals surface area contributed by atoms with Crippen molar-refractivity contribution in [2.45, 2.75) is 26.3 Å². The molecule has 5 heteroatoms. The Morgan fingerprint density at radius 1 is 1.45 bits per heavy atom. The monoisotopic (exact) mass is 288 g/mol. The van der Waals surface area contributed by atoms with E-state index in [-0.39, 0.29) is 10.7 Å². The second kappa shape index (κ2) is 5.25. The van der Waals surface area contributed by atoms with E-state index in [1.807, 2.05) is 6.07 Å². The molecule has 20 heavy (non-hydrogen) atoms. The fourth-order valence-electron chi connectivity index (χ4n) is 2.43. The van der Waals surface area contributed by atoms with Gasteiger partial charge >= 0.3 is 0 Å². The van der Waals surface area contributed by atoms with Gasteiger partial charge in [-0.2, -0.15) is 5.10 Å². The molecule has 0 saturated heterocycles. The summed E-state index contributed by atoms with van der Waals surface area (Å²) in [6.07, 6.45) is 4.00. The third kappa shape index (κ3) is 2.82. The molecule has 0 aliphatic carbocycles. The van der Waals surface area contributed by atoms with E-state index in [0.29, 0.717) is 0 Å². The average Bonchev–Trinajstić information content (AvgIpc) is 2.35. The summed E-state index contributed by atoms with van der Waals surface area (Å²) < 4.78 is 0. The summed E-state index contributed by atoms with van der Waals surface area (Å²) in [5, 5.41) is 4.15. The van der Waals surface area contributed by atoms with E-state index in [4.69, 9.17) is 18.0 Å². The Morgan fingerprint density at radius 2 is 2.15 bits per heavy atom. The molecular formula is C15H20N4S. The molecule has 0 amide bonds. The standard InChI is InChI=1S/C15H20N4S/c1-10-8-15(2,3)19(4)13-6-5-11(7-12(10)13)9-17-18-14(16)20/h5-9H,1-4H3,(H3,16,18,20)/b17-9-. The van der Waals surface area contributed by atoms with Crippen molar-refractivity contribution < 1.29 is 0 Å². The molecule has 0 atom stereocenters. The molecule has 1 aliphatic heterocycles. The lowest BCUT2D eigenvalue weighted by molar-refractivity contribution is 0.598. The van der Waals surface area contributed by atoms with Gasteiger partial charge in [0.25, 0.3) is 0 Å². The third-order valence-electron chi connectivity index (χ3n) is 3.63. The molecule has 0 radical (unpaired) electrons. The summed E-state index contributed by atoms with van der Waals surface area (Å²) in [7, 11) is 2.12. The number of hydrogen-bond acceptors (Lipinski definition) is 3. The molecule has 0 aromatic heterocycles. The first-order valence-corrected chi connectivity index (χ1v) is 6.88. The first-order valence-electron chi connectivity index (χ1n) is 6.47.